The van der Waals surface area contributed by atoms with Crippen LogP contribution in [-0.4, -0.2) is 41.6 Å². The van der Waals surface area contributed by atoms with E-state index >= 15 is 0 Å². The Hall–Kier alpha value is -2.74. The zero-order chi connectivity index (χ0) is 16.5. The molecule has 1 amide bonds. The van der Waals surface area contributed by atoms with Crippen LogP contribution in [0.3, 0.4) is 0 Å². The molecule has 5 nitrogen and oxygen atoms in total. The third kappa shape index (κ3) is 2.65. The minimum absolute atomic E-state index is 0.125. The Bertz CT molecular complexity index is 792. The molecule has 24 heavy (non-hydrogen) atoms. The molecule has 0 spiro atoms. The number of anilines is 1. The number of hydrogen-bond acceptors (Lipinski definition) is 3. The molecule has 1 saturated carbocycles. The van der Waals surface area contributed by atoms with Crippen LogP contribution in [0, 0.1) is 11.3 Å². The van der Waals surface area contributed by atoms with Gasteiger partial charge < -0.3 is 14.4 Å². The second kappa shape index (κ2) is 6.04. The van der Waals surface area contributed by atoms with Crippen molar-refractivity contribution >= 4 is 11.6 Å². The van der Waals surface area contributed by atoms with Crippen LogP contribution in [0.4, 0.5) is 5.69 Å². The Morgan fingerprint density at radius 1 is 1.04 bits per heavy atom. The van der Waals surface area contributed by atoms with E-state index in [1.807, 2.05) is 47.5 Å². The van der Waals surface area contributed by atoms with Gasteiger partial charge in [0.15, 0.2) is 0 Å². The van der Waals surface area contributed by atoms with Crippen molar-refractivity contribution in [3.8, 4) is 6.07 Å². The molecule has 1 aromatic carbocycles. The summed E-state index contributed by atoms with van der Waals surface area (Å²) in [5, 5.41) is 9.26. The molecule has 2 aliphatic rings. The van der Waals surface area contributed by atoms with Gasteiger partial charge in [0.05, 0.1) is 11.3 Å². The van der Waals surface area contributed by atoms with Crippen molar-refractivity contribution in [1.82, 2.24) is 9.47 Å². The first kappa shape index (κ1) is 14.8. The number of rotatable bonds is 3. The molecule has 122 valence electrons. The minimum Gasteiger partial charge on any atom is -0.367 e. The van der Waals surface area contributed by atoms with E-state index in [1.165, 1.54) is 12.8 Å². The van der Waals surface area contributed by atoms with E-state index in [9.17, 15) is 10.1 Å². The summed E-state index contributed by atoms with van der Waals surface area (Å²) < 4.78 is 2.12. The highest BCUT2D eigenvalue weighted by atomic mass is 16.2. The third-order valence-corrected chi connectivity index (χ3v) is 4.87. The maximum absolute atomic E-state index is 12.8. The molecule has 0 N–H and O–H groups in total. The van der Waals surface area contributed by atoms with Crippen molar-refractivity contribution in [3.63, 3.8) is 0 Å². The van der Waals surface area contributed by atoms with Crippen LogP contribution >= 0.6 is 0 Å². The maximum atomic E-state index is 12.8. The van der Waals surface area contributed by atoms with Crippen molar-refractivity contribution in [1.29, 1.82) is 5.26 Å². The highest BCUT2D eigenvalue weighted by Gasteiger charge is 2.30. The first-order chi connectivity index (χ1) is 11.8. The van der Waals surface area contributed by atoms with Crippen LogP contribution < -0.4 is 4.90 Å². The zero-order valence-corrected chi connectivity index (χ0v) is 13.6. The zero-order valence-electron chi connectivity index (χ0n) is 13.6. The molecule has 0 bridgehead atoms. The number of hydrogen-bond donors (Lipinski definition) is 0. The standard InChI is InChI=1S/C19H20N4O/c20-14-15-4-1-2-5-17(15)21-10-12-22(13-11-21)19(24)18-6-3-9-23(18)16-7-8-16/h1-6,9,16H,7-8,10-13H2. The third-order valence-electron chi connectivity index (χ3n) is 4.87. The maximum Gasteiger partial charge on any atom is 0.270 e. The monoisotopic (exact) mass is 320 g/mol. The van der Waals surface area contributed by atoms with Crippen LogP contribution in [0.15, 0.2) is 42.6 Å². The molecule has 1 aromatic heterocycles. The van der Waals surface area contributed by atoms with E-state index in [4.69, 9.17) is 0 Å². The number of benzene rings is 1. The molecular formula is C19H20N4O. The van der Waals surface area contributed by atoms with Gasteiger partial charge in [0.1, 0.15) is 11.8 Å². The number of piperazine rings is 1. The minimum atomic E-state index is 0.125. The molecule has 0 radical (unpaired) electrons. The van der Waals surface area contributed by atoms with Gasteiger partial charge in [-0.3, -0.25) is 4.79 Å². The molecule has 0 atom stereocenters. The normalized spacial score (nSPS) is 17.6. The van der Waals surface area contributed by atoms with E-state index < -0.39 is 0 Å². The van der Waals surface area contributed by atoms with E-state index in [0.717, 1.165) is 24.5 Å². The summed E-state index contributed by atoms with van der Waals surface area (Å²) in [6.07, 6.45) is 4.37. The topological polar surface area (TPSA) is 52.3 Å². The van der Waals surface area contributed by atoms with Crippen molar-refractivity contribution in [2.24, 2.45) is 0 Å². The summed E-state index contributed by atoms with van der Waals surface area (Å²) in [6.45, 7) is 2.89. The summed E-state index contributed by atoms with van der Waals surface area (Å²) >= 11 is 0. The second-order valence-electron chi connectivity index (χ2n) is 6.44. The van der Waals surface area contributed by atoms with Gasteiger partial charge in [0.25, 0.3) is 5.91 Å². The van der Waals surface area contributed by atoms with Gasteiger partial charge in [-0.15, -0.1) is 0 Å². The second-order valence-corrected chi connectivity index (χ2v) is 6.44. The lowest BCUT2D eigenvalue weighted by atomic mass is 10.1. The molecule has 2 fully saturated rings. The first-order valence-corrected chi connectivity index (χ1v) is 8.48. The first-order valence-electron chi connectivity index (χ1n) is 8.48. The largest absolute Gasteiger partial charge is 0.367 e. The predicted octanol–water partition coefficient (Wildman–Crippen LogP) is 2.66. The number of amides is 1. The van der Waals surface area contributed by atoms with E-state index in [1.54, 1.807) is 0 Å². The Morgan fingerprint density at radius 2 is 1.79 bits per heavy atom. The Kier molecular flexibility index (Phi) is 3.73. The summed E-state index contributed by atoms with van der Waals surface area (Å²) in [6, 6.07) is 14.3. The lowest BCUT2D eigenvalue weighted by Gasteiger charge is -2.36. The summed E-state index contributed by atoms with van der Waals surface area (Å²) in [5.41, 5.74) is 2.47. The van der Waals surface area contributed by atoms with Crippen LogP contribution in [0.1, 0.15) is 34.9 Å². The fraction of sp³-hybridized carbons (Fsp3) is 0.368. The molecule has 2 heterocycles. The molecule has 2 aromatic rings. The van der Waals surface area contributed by atoms with Gasteiger partial charge in [-0.1, -0.05) is 12.1 Å². The predicted molar refractivity (Wildman–Crippen MR) is 92.0 cm³/mol. The van der Waals surface area contributed by atoms with E-state index in [0.29, 0.717) is 24.7 Å². The Balaban J connectivity index is 1.45. The van der Waals surface area contributed by atoms with Crippen LogP contribution in [0.2, 0.25) is 0 Å². The van der Waals surface area contributed by atoms with Crippen LogP contribution in [0.25, 0.3) is 0 Å². The summed E-state index contributed by atoms with van der Waals surface area (Å²) in [5.74, 6) is 0.125. The molecular weight excluding hydrogens is 300 g/mol. The SMILES string of the molecule is N#Cc1ccccc1N1CCN(C(=O)c2cccn2C2CC2)CC1. The molecule has 1 saturated heterocycles. The van der Waals surface area contributed by atoms with Gasteiger partial charge in [-0.05, 0) is 37.1 Å². The number of nitrogens with zero attached hydrogens (tertiary/aromatic N) is 4. The number of carbonyl (C=O) groups is 1. The van der Waals surface area contributed by atoms with E-state index in [2.05, 4.69) is 15.5 Å². The average Bonchev–Trinajstić information content (AvgIpc) is 3.38. The quantitative estimate of drug-likeness (QED) is 0.873. The van der Waals surface area contributed by atoms with Crippen molar-refractivity contribution in [2.75, 3.05) is 31.1 Å². The smallest absolute Gasteiger partial charge is 0.270 e. The Labute approximate surface area is 141 Å². The van der Waals surface area contributed by atoms with Gasteiger partial charge in [-0.25, -0.2) is 0 Å². The highest BCUT2D eigenvalue weighted by molar-refractivity contribution is 5.93. The summed E-state index contributed by atoms with van der Waals surface area (Å²) in [7, 11) is 0. The number of carbonyl (C=O) groups excluding carboxylic acids is 1. The van der Waals surface area contributed by atoms with Gasteiger partial charge >= 0.3 is 0 Å². The highest BCUT2D eigenvalue weighted by Crippen LogP contribution is 2.36. The molecule has 1 aliphatic heterocycles. The molecule has 1 aliphatic carbocycles. The summed E-state index contributed by atoms with van der Waals surface area (Å²) in [4.78, 5) is 16.9. The van der Waals surface area contributed by atoms with Gasteiger partial charge in [-0.2, -0.15) is 5.26 Å². The number of para-hydroxylation sites is 1. The lowest BCUT2D eigenvalue weighted by Crippen LogP contribution is -2.49. The molecule has 4 rings (SSSR count). The van der Waals surface area contributed by atoms with Gasteiger partial charge in [0.2, 0.25) is 0 Å². The Morgan fingerprint density at radius 3 is 2.50 bits per heavy atom. The number of aromatic nitrogens is 1. The fourth-order valence-electron chi connectivity index (χ4n) is 3.40. The van der Waals surface area contributed by atoms with E-state index in [-0.39, 0.29) is 5.91 Å². The molecule has 5 heteroatoms. The number of nitriles is 1. The fourth-order valence-corrected chi connectivity index (χ4v) is 3.40. The molecule has 0 unspecified atom stereocenters. The van der Waals surface area contributed by atoms with Crippen LogP contribution in [0.5, 0.6) is 0 Å². The lowest BCUT2D eigenvalue weighted by molar-refractivity contribution is 0.0735. The van der Waals surface area contributed by atoms with Gasteiger partial charge in [0, 0.05) is 38.4 Å². The van der Waals surface area contributed by atoms with Crippen molar-refractivity contribution in [3.05, 3.63) is 53.9 Å². The average molecular weight is 320 g/mol. The van der Waals surface area contributed by atoms with Crippen LogP contribution in [-0.2, 0) is 0 Å². The van der Waals surface area contributed by atoms with Crippen molar-refractivity contribution in [2.45, 2.75) is 18.9 Å². The van der Waals surface area contributed by atoms with Crippen molar-refractivity contribution < 1.29 is 4.79 Å².